The highest BCUT2D eigenvalue weighted by molar-refractivity contribution is 5.86. The average Bonchev–Trinajstić information content (AvgIpc) is 2.62. The second kappa shape index (κ2) is 13.9. The lowest BCUT2D eigenvalue weighted by molar-refractivity contribution is -0.147. The van der Waals surface area contributed by atoms with Gasteiger partial charge in [0.25, 0.3) is 0 Å². The van der Waals surface area contributed by atoms with Gasteiger partial charge in [0.2, 0.25) is 11.8 Å². The SMILES string of the molecule is C=CCCCCC(=O)OCC(C)(C)NC(=O)[C@H](CC=C)CC(=O)N[C@@H](C)CO. The third kappa shape index (κ3) is 12.3. The lowest BCUT2D eigenvalue weighted by atomic mass is 9.97. The Morgan fingerprint density at radius 3 is 2.43 bits per heavy atom. The number of hydrogen-bond acceptors (Lipinski definition) is 5. The summed E-state index contributed by atoms with van der Waals surface area (Å²) in [6, 6.07) is -0.373. The maximum Gasteiger partial charge on any atom is 0.305 e. The van der Waals surface area contributed by atoms with Crippen molar-refractivity contribution >= 4 is 17.8 Å². The zero-order valence-corrected chi connectivity index (χ0v) is 17.5. The number of amides is 2. The van der Waals surface area contributed by atoms with Crippen LogP contribution in [0.5, 0.6) is 0 Å². The number of hydrogen-bond donors (Lipinski definition) is 3. The first-order chi connectivity index (χ1) is 13.1. The highest BCUT2D eigenvalue weighted by atomic mass is 16.5. The zero-order chi connectivity index (χ0) is 21.6. The second-order valence-electron chi connectivity index (χ2n) is 7.64. The normalized spacial score (nSPS) is 13.1. The second-order valence-corrected chi connectivity index (χ2v) is 7.64. The van der Waals surface area contributed by atoms with Crippen LogP contribution in [0.3, 0.4) is 0 Å². The van der Waals surface area contributed by atoms with Crippen LogP contribution < -0.4 is 10.6 Å². The minimum Gasteiger partial charge on any atom is -0.463 e. The van der Waals surface area contributed by atoms with Crippen molar-refractivity contribution in [3.05, 3.63) is 25.3 Å². The van der Waals surface area contributed by atoms with Crippen molar-refractivity contribution in [3.8, 4) is 0 Å². The van der Waals surface area contributed by atoms with E-state index in [4.69, 9.17) is 9.84 Å². The molecular weight excluding hydrogens is 360 g/mol. The van der Waals surface area contributed by atoms with E-state index in [-0.39, 0.29) is 43.5 Å². The van der Waals surface area contributed by atoms with E-state index in [0.717, 1.165) is 19.3 Å². The summed E-state index contributed by atoms with van der Waals surface area (Å²) in [5.41, 5.74) is -0.762. The molecule has 0 spiro atoms. The molecule has 0 unspecified atom stereocenters. The molecule has 0 aromatic carbocycles. The first-order valence-corrected chi connectivity index (χ1v) is 9.74. The minimum atomic E-state index is -0.762. The van der Waals surface area contributed by atoms with Gasteiger partial charge in [0.15, 0.2) is 0 Å². The summed E-state index contributed by atoms with van der Waals surface area (Å²) < 4.78 is 5.27. The van der Waals surface area contributed by atoms with Crippen molar-refractivity contribution in [3.63, 3.8) is 0 Å². The van der Waals surface area contributed by atoms with Crippen LogP contribution >= 0.6 is 0 Å². The number of rotatable bonds is 15. The number of aliphatic hydroxyl groups is 1. The summed E-state index contributed by atoms with van der Waals surface area (Å²) in [6.07, 6.45) is 6.55. The molecular formula is C21H36N2O5. The fraction of sp³-hybridized carbons (Fsp3) is 0.667. The molecule has 2 atom stereocenters. The van der Waals surface area contributed by atoms with Crippen LogP contribution in [0.4, 0.5) is 0 Å². The molecule has 0 bridgehead atoms. The van der Waals surface area contributed by atoms with E-state index in [1.165, 1.54) is 0 Å². The third-order valence-corrected chi connectivity index (χ3v) is 4.03. The molecule has 0 fully saturated rings. The monoisotopic (exact) mass is 396 g/mol. The molecule has 0 aromatic heterocycles. The van der Waals surface area contributed by atoms with Crippen molar-refractivity contribution in [2.45, 2.75) is 70.9 Å². The Morgan fingerprint density at radius 2 is 1.86 bits per heavy atom. The lowest BCUT2D eigenvalue weighted by Gasteiger charge is -2.28. The van der Waals surface area contributed by atoms with Crippen LogP contribution in [0.25, 0.3) is 0 Å². The van der Waals surface area contributed by atoms with Crippen LogP contribution in [0.2, 0.25) is 0 Å². The number of unbranched alkanes of at least 4 members (excludes halogenated alkanes) is 2. The number of aliphatic hydroxyl groups excluding tert-OH is 1. The quantitative estimate of drug-likeness (QED) is 0.224. The van der Waals surface area contributed by atoms with Crippen LogP contribution in [-0.2, 0) is 19.1 Å². The van der Waals surface area contributed by atoms with Gasteiger partial charge in [-0.3, -0.25) is 14.4 Å². The highest BCUT2D eigenvalue weighted by Crippen LogP contribution is 2.14. The molecule has 28 heavy (non-hydrogen) atoms. The Morgan fingerprint density at radius 1 is 1.18 bits per heavy atom. The molecule has 0 aliphatic rings. The molecule has 0 aromatic rings. The first kappa shape index (κ1) is 25.9. The van der Waals surface area contributed by atoms with E-state index in [0.29, 0.717) is 12.8 Å². The largest absolute Gasteiger partial charge is 0.463 e. The number of nitrogens with one attached hydrogen (secondary N) is 2. The maximum absolute atomic E-state index is 12.6. The van der Waals surface area contributed by atoms with Gasteiger partial charge in [-0.15, -0.1) is 13.2 Å². The number of carbonyl (C=O) groups is 3. The molecule has 0 rings (SSSR count). The lowest BCUT2D eigenvalue weighted by Crippen LogP contribution is -2.50. The molecule has 0 heterocycles. The topological polar surface area (TPSA) is 105 Å². The summed E-state index contributed by atoms with van der Waals surface area (Å²) in [5.74, 6) is -1.50. The van der Waals surface area contributed by atoms with Crippen LogP contribution in [-0.4, -0.2) is 47.7 Å². The maximum atomic E-state index is 12.6. The van der Waals surface area contributed by atoms with Crippen molar-refractivity contribution in [1.82, 2.24) is 10.6 Å². The molecule has 0 aliphatic heterocycles. The number of ether oxygens (including phenoxy) is 1. The van der Waals surface area contributed by atoms with E-state index >= 15 is 0 Å². The summed E-state index contributed by atoms with van der Waals surface area (Å²) >= 11 is 0. The zero-order valence-electron chi connectivity index (χ0n) is 17.5. The molecule has 0 radical (unpaired) electrons. The number of allylic oxidation sites excluding steroid dienone is 2. The van der Waals surface area contributed by atoms with Crippen LogP contribution in [0, 0.1) is 5.92 Å². The third-order valence-electron chi connectivity index (χ3n) is 4.03. The van der Waals surface area contributed by atoms with Crippen molar-refractivity contribution in [2.24, 2.45) is 5.92 Å². The van der Waals surface area contributed by atoms with Gasteiger partial charge in [-0.2, -0.15) is 0 Å². The Hall–Kier alpha value is -2.15. The van der Waals surface area contributed by atoms with Gasteiger partial charge in [-0.05, 0) is 46.5 Å². The molecule has 0 aliphatic carbocycles. The van der Waals surface area contributed by atoms with E-state index < -0.39 is 11.5 Å². The van der Waals surface area contributed by atoms with Gasteiger partial charge < -0.3 is 20.5 Å². The van der Waals surface area contributed by atoms with E-state index in [1.807, 2.05) is 6.08 Å². The van der Waals surface area contributed by atoms with Gasteiger partial charge in [0.1, 0.15) is 6.61 Å². The Kier molecular flexibility index (Phi) is 12.9. The van der Waals surface area contributed by atoms with Crippen LogP contribution in [0.15, 0.2) is 25.3 Å². The molecule has 3 N–H and O–H groups in total. The van der Waals surface area contributed by atoms with E-state index in [1.54, 1.807) is 26.8 Å². The standard InChI is InChI=1S/C21H36N2O5/c1-6-8-9-10-12-19(26)28-15-21(4,5)23-20(27)17(11-7-2)13-18(25)22-16(3)14-24/h6-7,16-17,24H,1-2,8-15H2,3-5H3,(H,22,25)(H,23,27)/t16-,17+/m0/s1. The first-order valence-electron chi connectivity index (χ1n) is 9.74. The van der Waals surface area contributed by atoms with Gasteiger partial charge >= 0.3 is 5.97 Å². The highest BCUT2D eigenvalue weighted by Gasteiger charge is 2.28. The van der Waals surface area contributed by atoms with Gasteiger partial charge in [0.05, 0.1) is 18.1 Å². The fourth-order valence-electron chi connectivity index (χ4n) is 2.45. The molecule has 160 valence electrons. The summed E-state index contributed by atoms with van der Waals surface area (Å²) in [4.78, 5) is 36.4. The van der Waals surface area contributed by atoms with Crippen molar-refractivity contribution in [1.29, 1.82) is 0 Å². The number of carbonyl (C=O) groups excluding carboxylic acids is 3. The Labute approximate surface area is 168 Å². The van der Waals surface area contributed by atoms with Crippen molar-refractivity contribution < 1.29 is 24.2 Å². The predicted octanol–water partition coefficient (Wildman–Crippen LogP) is 2.25. The van der Waals surface area contributed by atoms with E-state index in [2.05, 4.69) is 23.8 Å². The molecule has 2 amide bonds. The van der Waals surface area contributed by atoms with E-state index in [9.17, 15) is 14.4 Å². The number of esters is 1. The van der Waals surface area contributed by atoms with Gasteiger partial charge in [-0.1, -0.05) is 12.2 Å². The minimum absolute atomic E-state index is 0.0125. The van der Waals surface area contributed by atoms with Gasteiger partial charge in [-0.25, -0.2) is 0 Å². The molecule has 7 nitrogen and oxygen atoms in total. The van der Waals surface area contributed by atoms with Crippen molar-refractivity contribution in [2.75, 3.05) is 13.2 Å². The fourth-order valence-corrected chi connectivity index (χ4v) is 2.45. The Bertz CT molecular complexity index is 531. The Balaban J connectivity index is 4.56. The van der Waals surface area contributed by atoms with Crippen LogP contribution in [0.1, 0.15) is 59.3 Å². The average molecular weight is 397 g/mol. The smallest absolute Gasteiger partial charge is 0.305 e. The molecule has 0 saturated carbocycles. The molecule has 0 saturated heterocycles. The van der Waals surface area contributed by atoms with Gasteiger partial charge in [0, 0.05) is 18.9 Å². The summed E-state index contributed by atoms with van der Waals surface area (Å²) in [6.45, 7) is 12.3. The molecule has 7 heteroatoms. The summed E-state index contributed by atoms with van der Waals surface area (Å²) in [7, 11) is 0. The predicted molar refractivity (Wildman–Crippen MR) is 109 cm³/mol. The summed E-state index contributed by atoms with van der Waals surface area (Å²) in [5, 5.41) is 14.5.